The summed E-state index contributed by atoms with van der Waals surface area (Å²) in [5, 5.41) is 0. The molecule has 2 atom stereocenters. The lowest BCUT2D eigenvalue weighted by atomic mass is 9.92. The minimum Gasteiger partial charge on any atom is -0.481 e. The molecule has 2 aliphatic heterocycles. The van der Waals surface area contributed by atoms with Gasteiger partial charge in [0.2, 0.25) is 11.8 Å². The van der Waals surface area contributed by atoms with E-state index in [2.05, 4.69) is 9.97 Å². The highest BCUT2D eigenvalue weighted by atomic mass is 16.5. The number of rotatable bonds is 3. The van der Waals surface area contributed by atoms with E-state index in [9.17, 15) is 9.59 Å². The Kier molecular flexibility index (Phi) is 4.06. The van der Waals surface area contributed by atoms with Crippen molar-refractivity contribution in [2.24, 2.45) is 5.92 Å². The molecule has 0 saturated carbocycles. The van der Waals surface area contributed by atoms with E-state index >= 15 is 0 Å². The molecule has 2 saturated heterocycles. The van der Waals surface area contributed by atoms with Gasteiger partial charge in [-0.2, -0.15) is 9.97 Å². The van der Waals surface area contributed by atoms with Crippen LogP contribution >= 0.6 is 0 Å². The lowest BCUT2D eigenvalue weighted by molar-refractivity contribution is -0.127. The first-order valence-electron chi connectivity index (χ1n) is 7.55. The fourth-order valence-corrected chi connectivity index (χ4v) is 3.27. The first-order valence-corrected chi connectivity index (χ1v) is 7.55. The standard InChI is InChI=1S/C15H20N4O4/c1-18-11-8-19(5-4-9(11)6-13(18)20)14(21)10-7-12(22-2)17-15(16-10)23-3/h7,9,11H,4-6,8H2,1-3H3/t9-,11-/m1/s1. The van der Waals surface area contributed by atoms with Crippen molar-refractivity contribution in [3.8, 4) is 11.9 Å². The number of piperidine rings is 1. The van der Waals surface area contributed by atoms with Gasteiger partial charge in [-0.3, -0.25) is 9.59 Å². The van der Waals surface area contributed by atoms with Crippen LogP contribution in [0.15, 0.2) is 6.07 Å². The molecular weight excluding hydrogens is 300 g/mol. The van der Waals surface area contributed by atoms with E-state index in [0.717, 1.165) is 6.42 Å². The van der Waals surface area contributed by atoms with Crippen LogP contribution in [0.2, 0.25) is 0 Å². The second-order valence-electron chi connectivity index (χ2n) is 5.86. The lowest BCUT2D eigenvalue weighted by Crippen LogP contribution is -2.49. The number of carbonyl (C=O) groups is 2. The molecule has 2 fully saturated rings. The van der Waals surface area contributed by atoms with Gasteiger partial charge in [0.25, 0.3) is 5.91 Å². The van der Waals surface area contributed by atoms with Gasteiger partial charge in [-0.1, -0.05) is 0 Å². The van der Waals surface area contributed by atoms with Crippen molar-refractivity contribution in [1.29, 1.82) is 0 Å². The minimum atomic E-state index is -0.199. The topological polar surface area (TPSA) is 84.9 Å². The number of methoxy groups -OCH3 is 2. The fraction of sp³-hybridized carbons (Fsp3) is 0.600. The maximum Gasteiger partial charge on any atom is 0.320 e. The van der Waals surface area contributed by atoms with Crippen molar-refractivity contribution >= 4 is 11.8 Å². The van der Waals surface area contributed by atoms with E-state index in [0.29, 0.717) is 25.4 Å². The summed E-state index contributed by atoms with van der Waals surface area (Å²) in [6.07, 6.45) is 1.41. The van der Waals surface area contributed by atoms with Crippen LogP contribution in [0.3, 0.4) is 0 Å². The SMILES string of the molecule is COc1cc(C(=O)N2CC[C@@H]3CC(=O)N(C)[C@@H]3C2)nc(OC)n1. The zero-order valence-electron chi connectivity index (χ0n) is 13.5. The molecule has 0 bridgehead atoms. The molecule has 1 aromatic rings. The summed E-state index contributed by atoms with van der Waals surface area (Å²) < 4.78 is 10.1. The van der Waals surface area contributed by atoms with Crippen LogP contribution in [0, 0.1) is 5.92 Å². The van der Waals surface area contributed by atoms with Crippen molar-refractivity contribution < 1.29 is 19.1 Å². The van der Waals surface area contributed by atoms with Gasteiger partial charge in [0.15, 0.2) is 0 Å². The molecule has 0 aliphatic carbocycles. The summed E-state index contributed by atoms with van der Waals surface area (Å²) in [4.78, 5) is 36.1. The molecule has 3 heterocycles. The molecular formula is C15H20N4O4. The third-order valence-corrected chi connectivity index (χ3v) is 4.63. The van der Waals surface area contributed by atoms with E-state index in [1.54, 1.807) is 16.8 Å². The summed E-state index contributed by atoms with van der Waals surface area (Å²) in [6.45, 7) is 1.15. The van der Waals surface area contributed by atoms with Crippen LogP contribution in [0.25, 0.3) is 0 Å². The van der Waals surface area contributed by atoms with Gasteiger partial charge in [0, 0.05) is 32.6 Å². The molecule has 0 unspecified atom stereocenters. The van der Waals surface area contributed by atoms with Crippen molar-refractivity contribution in [3.05, 3.63) is 11.8 Å². The van der Waals surface area contributed by atoms with E-state index < -0.39 is 0 Å². The molecule has 0 spiro atoms. The van der Waals surface area contributed by atoms with Gasteiger partial charge in [0.1, 0.15) is 5.69 Å². The summed E-state index contributed by atoms with van der Waals surface area (Å²) >= 11 is 0. The molecule has 8 nitrogen and oxygen atoms in total. The largest absolute Gasteiger partial charge is 0.481 e. The number of hydrogen-bond donors (Lipinski definition) is 0. The van der Waals surface area contributed by atoms with Crippen LogP contribution in [-0.4, -0.2) is 72.0 Å². The van der Waals surface area contributed by atoms with E-state index in [1.165, 1.54) is 20.3 Å². The summed E-state index contributed by atoms with van der Waals surface area (Å²) in [6, 6.07) is 1.68. The van der Waals surface area contributed by atoms with Gasteiger partial charge in [-0.15, -0.1) is 0 Å². The molecule has 2 amide bonds. The van der Waals surface area contributed by atoms with Gasteiger partial charge in [-0.05, 0) is 12.3 Å². The third kappa shape index (κ3) is 2.80. The summed E-state index contributed by atoms with van der Waals surface area (Å²) in [7, 11) is 4.71. The maximum atomic E-state index is 12.7. The highest BCUT2D eigenvalue weighted by Gasteiger charge is 2.42. The Labute approximate surface area is 134 Å². The molecule has 8 heteroatoms. The predicted molar refractivity (Wildman–Crippen MR) is 80.3 cm³/mol. The number of aromatic nitrogens is 2. The summed E-state index contributed by atoms with van der Waals surface area (Å²) in [5.41, 5.74) is 0.235. The normalized spacial score (nSPS) is 23.7. The maximum absolute atomic E-state index is 12.7. The second-order valence-corrected chi connectivity index (χ2v) is 5.86. The number of likely N-dealkylation sites (tertiary alicyclic amines) is 2. The predicted octanol–water partition coefficient (Wildman–Crippen LogP) is 0.187. The van der Waals surface area contributed by atoms with Gasteiger partial charge in [-0.25, -0.2) is 0 Å². The average Bonchev–Trinajstić information content (AvgIpc) is 2.87. The molecule has 0 N–H and O–H groups in total. The van der Waals surface area contributed by atoms with Crippen LogP contribution in [0.5, 0.6) is 11.9 Å². The van der Waals surface area contributed by atoms with Crippen LogP contribution in [0.4, 0.5) is 0 Å². The number of hydrogen-bond acceptors (Lipinski definition) is 6. The first kappa shape index (κ1) is 15.5. The third-order valence-electron chi connectivity index (χ3n) is 4.63. The van der Waals surface area contributed by atoms with Crippen molar-refractivity contribution in [3.63, 3.8) is 0 Å². The highest BCUT2D eigenvalue weighted by molar-refractivity contribution is 5.93. The minimum absolute atomic E-state index is 0.0887. The Balaban J connectivity index is 1.80. The molecule has 0 radical (unpaired) electrons. The monoisotopic (exact) mass is 320 g/mol. The molecule has 124 valence electrons. The molecule has 1 aromatic heterocycles. The molecule has 3 rings (SSSR count). The van der Waals surface area contributed by atoms with Gasteiger partial charge in [0.05, 0.1) is 20.3 Å². The Hall–Kier alpha value is -2.38. The van der Waals surface area contributed by atoms with Gasteiger partial charge < -0.3 is 19.3 Å². The fourth-order valence-electron chi connectivity index (χ4n) is 3.27. The van der Waals surface area contributed by atoms with E-state index in [4.69, 9.17) is 9.47 Å². The van der Waals surface area contributed by atoms with Crippen LogP contribution < -0.4 is 9.47 Å². The molecule has 23 heavy (non-hydrogen) atoms. The van der Waals surface area contributed by atoms with Gasteiger partial charge >= 0.3 is 6.01 Å². The van der Waals surface area contributed by atoms with Crippen molar-refractivity contribution in [2.75, 3.05) is 34.4 Å². The van der Waals surface area contributed by atoms with Crippen molar-refractivity contribution in [1.82, 2.24) is 19.8 Å². The second kappa shape index (κ2) is 6.02. The number of likely N-dealkylation sites (N-methyl/N-ethyl adjacent to an activating group) is 1. The zero-order chi connectivity index (χ0) is 16.6. The first-order chi connectivity index (χ1) is 11.0. The number of amides is 2. The Morgan fingerprint density at radius 1 is 1.30 bits per heavy atom. The average molecular weight is 320 g/mol. The van der Waals surface area contributed by atoms with E-state index in [-0.39, 0.29) is 35.4 Å². The Bertz CT molecular complexity index is 614. The Morgan fingerprint density at radius 3 is 2.78 bits per heavy atom. The van der Waals surface area contributed by atoms with Crippen LogP contribution in [0.1, 0.15) is 23.3 Å². The van der Waals surface area contributed by atoms with Crippen LogP contribution in [-0.2, 0) is 4.79 Å². The Morgan fingerprint density at radius 2 is 2.09 bits per heavy atom. The molecule has 2 aliphatic rings. The van der Waals surface area contributed by atoms with Crippen molar-refractivity contribution in [2.45, 2.75) is 18.9 Å². The number of ether oxygens (including phenoxy) is 2. The highest BCUT2D eigenvalue weighted by Crippen LogP contribution is 2.32. The smallest absolute Gasteiger partial charge is 0.320 e. The number of carbonyl (C=O) groups excluding carboxylic acids is 2. The summed E-state index contributed by atoms with van der Waals surface area (Å²) in [5.74, 6) is 0.573. The van der Waals surface area contributed by atoms with E-state index in [1.807, 2.05) is 0 Å². The number of nitrogens with zero attached hydrogens (tertiary/aromatic N) is 4. The number of fused-ring (bicyclic) bond motifs is 1. The zero-order valence-corrected chi connectivity index (χ0v) is 13.5. The molecule has 0 aromatic carbocycles. The quantitative estimate of drug-likeness (QED) is 0.790. The lowest BCUT2D eigenvalue weighted by Gasteiger charge is -2.36.